The van der Waals surface area contributed by atoms with Gasteiger partial charge in [-0.25, -0.2) is 13.8 Å². The quantitative estimate of drug-likeness (QED) is 0.685. The van der Waals surface area contributed by atoms with Crippen molar-refractivity contribution in [3.05, 3.63) is 39.5 Å². The predicted octanol–water partition coefficient (Wildman–Crippen LogP) is 3.16. The fraction of sp³-hybridized carbons (Fsp3) is 0.357. The summed E-state index contributed by atoms with van der Waals surface area (Å²) in [5.41, 5.74) is 0.102. The van der Waals surface area contributed by atoms with Crippen molar-refractivity contribution in [2.24, 2.45) is 0 Å². The van der Waals surface area contributed by atoms with E-state index in [-0.39, 0.29) is 17.9 Å². The monoisotopic (exact) mass is 342 g/mol. The van der Waals surface area contributed by atoms with Gasteiger partial charge in [0.25, 0.3) is 5.92 Å². The number of nitro groups is 1. The third-order valence-electron chi connectivity index (χ3n) is 3.81. The Kier molecular flexibility index (Phi) is 3.81. The van der Waals surface area contributed by atoms with Gasteiger partial charge in [0.15, 0.2) is 0 Å². The molecule has 0 spiro atoms. The second-order valence-electron chi connectivity index (χ2n) is 5.59. The molecule has 1 fully saturated rings. The molecule has 1 aliphatic heterocycles. The topological polar surface area (TPSA) is 71.3 Å². The third-order valence-corrected chi connectivity index (χ3v) is 4.05. The Balaban J connectivity index is 2.12. The highest BCUT2D eigenvalue weighted by atomic mass is 35.5. The molecule has 1 aromatic carbocycles. The van der Waals surface area contributed by atoms with Crippen LogP contribution in [-0.2, 0) is 0 Å². The number of benzene rings is 1. The van der Waals surface area contributed by atoms with E-state index >= 15 is 0 Å². The van der Waals surface area contributed by atoms with Crippen molar-refractivity contribution < 1.29 is 13.7 Å². The first-order valence-electron chi connectivity index (χ1n) is 6.83. The van der Waals surface area contributed by atoms with Crippen LogP contribution in [0.3, 0.4) is 0 Å². The number of nitrogens with one attached hydrogen (secondary N) is 1. The summed E-state index contributed by atoms with van der Waals surface area (Å²) < 4.78 is 28.1. The van der Waals surface area contributed by atoms with Gasteiger partial charge in [0.05, 0.1) is 17.0 Å². The lowest BCUT2D eigenvalue weighted by Crippen LogP contribution is -2.38. The Morgan fingerprint density at radius 1 is 1.52 bits per heavy atom. The van der Waals surface area contributed by atoms with Gasteiger partial charge in [-0.15, -0.1) is 0 Å². The number of fused-ring (bicyclic) bond motifs is 1. The molecule has 1 N–H and O–H groups in total. The molecule has 122 valence electrons. The minimum Gasteiger partial charge on any atom is -0.369 e. The standard InChI is InChI=1S/C14H13ClF2N4O2/c1-20-6-12(14(16,17)7-20)19-13-9-4-8(15)2-3-10(9)18-5-11(13)21(22)23/h2-5,12H,6-7H2,1H3,(H,18,19). The summed E-state index contributed by atoms with van der Waals surface area (Å²) in [6.45, 7) is -0.323. The number of likely N-dealkylation sites (N-methyl/N-ethyl adjacent to an activating group) is 1. The van der Waals surface area contributed by atoms with Crippen LogP contribution in [0.25, 0.3) is 10.9 Å². The van der Waals surface area contributed by atoms with Gasteiger partial charge in [-0.05, 0) is 25.2 Å². The normalized spacial score (nSPS) is 20.8. The van der Waals surface area contributed by atoms with Gasteiger partial charge in [-0.3, -0.25) is 15.0 Å². The molecule has 0 radical (unpaired) electrons. The van der Waals surface area contributed by atoms with Crippen molar-refractivity contribution in [2.45, 2.75) is 12.0 Å². The van der Waals surface area contributed by atoms with E-state index in [1.165, 1.54) is 11.0 Å². The molecule has 6 nitrogen and oxygen atoms in total. The predicted molar refractivity (Wildman–Crippen MR) is 83.3 cm³/mol. The molecule has 1 saturated heterocycles. The lowest BCUT2D eigenvalue weighted by Gasteiger charge is -2.21. The highest BCUT2D eigenvalue weighted by molar-refractivity contribution is 6.31. The van der Waals surface area contributed by atoms with Gasteiger partial charge in [0.2, 0.25) is 0 Å². The number of pyridine rings is 1. The fourth-order valence-electron chi connectivity index (χ4n) is 2.75. The maximum atomic E-state index is 14.0. The number of hydrogen-bond acceptors (Lipinski definition) is 5. The Hall–Kier alpha value is -2.06. The number of rotatable bonds is 3. The molecule has 2 heterocycles. The summed E-state index contributed by atoms with van der Waals surface area (Å²) in [4.78, 5) is 16.1. The van der Waals surface area contributed by atoms with E-state index < -0.39 is 23.4 Å². The smallest absolute Gasteiger partial charge is 0.311 e. The molecule has 2 aromatic rings. The fourth-order valence-corrected chi connectivity index (χ4v) is 2.92. The van der Waals surface area contributed by atoms with Crippen molar-refractivity contribution in [2.75, 3.05) is 25.5 Å². The number of aromatic nitrogens is 1. The van der Waals surface area contributed by atoms with Gasteiger partial charge in [-0.1, -0.05) is 11.6 Å². The zero-order valence-electron chi connectivity index (χ0n) is 12.1. The maximum absolute atomic E-state index is 14.0. The molecular weight excluding hydrogens is 330 g/mol. The second-order valence-corrected chi connectivity index (χ2v) is 6.03. The third kappa shape index (κ3) is 2.91. The molecule has 1 unspecified atom stereocenters. The molecule has 1 aromatic heterocycles. The first kappa shape index (κ1) is 15.8. The molecule has 0 amide bonds. The summed E-state index contributed by atoms with van der Waals surface area (Å²) in [6, 6.07) is 3.43. The van der Waals surface area contributed by atoms with E-state index in [0.29, 0.717) is 15.9 Å². The van der Waals surface area contributed by atoms with Crippen molar-refractivity contribution in [1.82, 2.24) is 9.88 Å². The van der Waals surface area contributed by atoms with E-state index in [2.05, 4.69) is 10.3 Å². The minimum absolute atomic E-state index is 0.0162. The zero-order chi connectivity index (χ0) is 16.8. The van der Waals surface area contributed by atoms with Crippen LogP contribution in [0.15, 0.2) is 24.4 Å². The van der Waals surface area contributed by atoms with Crippen LogP contribution >= 0.6 is 11.6 Å². The first-order valence-corrected chi connectivity index (χ1v) is 7.21. The molecule has 0 aliphatic carbocycles. The van der Waals surface area contributed by atoms with Crippen LogP contribution in [0.1, 0.15) is 0 Å². The van der Waals surface area contributed by atoms with Gasteiger partial charge in [0, 0.05) is 17.0 Å². The Bertz CT molecular complexity index is 787. The van der Waals surface area contributed by atoms with E-state index in [9.17, 15) is 18.9 Å². The molecule has 1 aliphatic rings. The van der Waals surface area contributed by atoms with Crippen molar-refractivity contribution in [3.63, 3.8) is 0 Å². The van der Waals surface area contributed by atoms with Crippen molar-refractivity contribution in [1.29, 1.82) is 0 Å². The lowest BCUT2D eigenvalue weighted by atomic mass is 10.1. The van der Waals surface area contributed by atoms with Gasteiger partial charge in [-0.2, -0.15) is 0 Å². The number of likely N-dealkylation sites (tertiary alicyclic amines) is 1. The van der Waals surface area contributed by atoms with Gasteiger partial charge in [0.1, 0.15) is 17.9 Å². The first-order chi connectivity index (χ1) is 10.8. The van der Waals surface area contributed by atoms with E-state index in [1.807, 2.05) is 0 Å². The van der Waals surface area contributed by atoms with Crippen LogP contribution in [-0.4, -0.2) is 46.9 Å². The molecule has 9 heteroatoms. The highest BCUT2D eigenvalue weighted by Gasteiger charge is 2.47. The summed E-state index contributed by atoms with van der Waals surface area (Å²) >= 11 is 5.94. The summed E-state index contributed by atoms with van der Waals surface area (Å²) in [5, 5.41) is 14.6. The largest absolute Gasteiger partial charge is 0.369 e. The molecular formula is C14H13ClF2N4O2. The Labute approximate surface area is 135 Å². The maximum Gasteiger partial charge on any atom is 0.311 e. The Morgan fingerprint density at radius 2 is 2.26 bits per heavy atom. The average Bonchev–Trinajstić information content (AvgIpc) is 2.71. The minimum atomic E-state index is -2.99. The zero-order valence-corrected chi connectivity index (χ0v) is 12.8. The van der Waals surface area contributed by atoms with E-state index in [1.54, 1.807) is 19.2 Å². The summed E-state index contributed by atoms with van der Waals surface area (Å²) in [7, 11) is 1.57. The molecule has 3 rings (SSSR count). The van der Waals surface area contributed by atoms with Crippen molar-refractivity contribution in [3.8, 4) is 0 Å². The van der Waals surface area contributed by atoms with Crippen LogP contribution in [0.2, 0.25) is 5.02 Å². The summed E-state index contributed by atoms with van der Waals surface area (Å²) in [6.07, 6.45) is 1.06. The number of hydrogen-bond donors (Lipinski definition) is 1. The van der Waals surface area contributed by atoms with Crippen LogP contribution in [0, 0.1) is 10.1 Å². The van der Waals surface area contributed by atoms with Gasteiger partial charge >= 0.3 is 5.69 Å². The Morgan fingerprint density at radius 3 is 2.87 bits per heavy atom. The van der Waals surface area contributed by atoms with Gasteiger partial charge < -0.3 is 5.32 Å². The molecule has 0 bridgehead atoms. The second kappa shape index (κ2) is 5.54. The highest BCUT2D eigenvalue weighted by Crippen LogP contribution is 2.37. The SMILES string of the molecule is CN1CC(Nc2c([N+](=O)[O-])cnc3ccc(Cl)cc23)C(F)(F)C1. The summed E-state index contributed by atoms with van der Waals surface area (Å²) in [5.74, 6) is -2.99. The average molecular weight is 343 g/mol. The molecule has 23 heavy (non-hydrogen) atoms. The number of anilines is 1. The lowest BCUT2D eigenvalue weighted by molar-refractivity contribution is -0.384. The van der Waals surface area contributed by atoms with Crippen LogP contribution < -0.4 is 5.32 Å². The molecule has 0 saturated carbocycles. The number of halogens is 3. The molecule has 1 atom stereocenters. The van der Waals surface area contributed by atoms with E-state index in [4.69, 9.17) is 11.6 Å². The van der Waals surface area contributed by atoms with Crippen molar-refractivity contribution >= 4 is 33.9 Å². The number of alkyl halides is 2. The van der Waals surface area contributed by atoms with Crippen LogP contribution in [0.5, 0.6) is 0 Å². The van der Waals surface area contributed by atoms with E-state index in [0.717, 1.165) is 6.20 Å². The number of nitrogens with zero attached hydrogens (tertiary/aromatic N) is 3. The van der Waals surface area contributed by atoms with Crippen LogP contribution in [0.4, 0.5) is 20.2 Å².